The first kappa shape index (κ1) is 18.4. The molecule has 2 atom stereocenters. The van der Waals surface area contributed by atoms with Crippen molar-refractivity contribution in [2.24, 2.45) is 17.3 Å². The van der Waals surface area contributed by atoms with Crippen molar-refractivity contribution >= 4 is 17.7 Å². The highest BCUT2D eigenvalue weighted by molar-refractivity contribution is 7.99. The van der Waals surface area contributed by atoms with E-state index >= 15 is 0 Å². The molecule has 0 aliphatic carbocycles. The number of carbonyl (C=O) groups is 1. The molecule has 0 spiro atoms. The van der Waals surface area contributed by atoms with Crippen molar-refractivity contribution in [2.45, 2.75) is 51.9 Å². The molecule has 2 rings (SSSR count). The first-order valence-corrected chi connectivity index (χ1v) is 9.80. The van der Waals surface area contributed by atoms with E-state index < -0.39 is 0 Å². The van der Waals surface area contributed by atoms with E-state index in [0.717, 1.165) is 38.1 Å². The molecule has 0 bridgehead atoms. The Morgan fingerprint density at radius 3 is 2.57 bits per heavy atom. The number of rotatable bonds is 5. The highest BCUT2D eigenvalue weighted by Gasteiger charge is 2.30. The average Bonchev–Trinajstić information content (AvgIpc) is 2.68. The second-order valence-electron chi connectivity index (χ2n) is 7.96. The summed E-state index contributed by atoms with van der Waals surface area (Å²) in [5.41, 5.74) is 0.311. The summed E-state index contributed by atoms with van der Waals surface area (Å²) in [5.74, 6) is 2.60. The van der Waals surface area contributed by atoms with E-state index in [-0.39, 0.29) is 0 Å². The molecule has 1 amide bonds. The fourth-order valence-corrected chi connectivity index (χ4v) is 4.21. The molecular formula is C20H31NOS. The second kappa shape index (κ2) is 8.23. The van der Waals surface area contributed by atoms with Crippen LogP contribution in [0.1, 0.15) is 47.0 Å². The molecule has 0 radical (unpaired) electrons. The maximum atomic E-state index is 12.4. The van der Waals surface area contributed by atoms with Crippen LogP contribution in [-0.4, -0.2) is 29.6 Å². The van der Waals surface area contributed by atoms with Gasteiger partial charge in [-0.2, -0.15) is 0 Å². The standard InChI is InChI=1S/C20H31NOS/c1-16(15-23-18-8-6-5-7-9-18)14-21-13-12-17(20(2,3)4)10-11-19(21)22/h5-9,16-17H,10-15H2,1-4H3/t16-,17-/m1/s1. The van der Waals surface area contributed by atoms with Crippen LogP contribution in [0, 0.1) is 17.3 Å². The van der Waals surface area contributed by atoms with Crippen molar-refractivity contribution < 1.29 is 4.79 Å². The molecule has 3 heteroatoms. The van der Waals surface area contributed by atoms with Crippen LogP contribution in [0.2, 0.25) is 0 Å². The van der Waals surface area contributed by atoms with Gasteiger partial charge in [-0.05, 0) is 42.2 Å². The molecule has 1 aromatic rings. The molecule has 23 heavy (non-hydrogen) atoms. The van der Waals surface area contributed by atoms with Gasteiger partial charge in [0.25, 0.3) is 0 Å². The van der Waals surface area contributed by atoms with Crippen molar-refractivity contribution in [1.82, 2.24) is 4.90 Å². The van der Waals surface area contributed by atoms with Gasteiger partial charge in [0.15, 0.2) is 0 Å². The quantitative estimate of drug-likeness (QED) is 0.700. The average molecular weight is 334 g/mol. The monoisotopic (exact) mass is 333 g/mol. The smallest absolute Gasteiger partial charge is 0.222 e. The molecule has 1 aliphatic rings. The fraction of sp³-hybridized carbons (Fsp3) is 0.650. The first-order chi connectivity index (χ1) is 10.9. The molecule has 0 saturated carbocycles. The van der Waals surface area contributed by atoms with Crippen LogP contribution in [0.4, 0.5) is 0 Å². The summed E-state index contributed by atoms with van der Waals surface area (Å²) in [4.78, 5) is 15.8. The number of nitrogens with zero attached hydrogens (tertiary/aromatic N) is 1. The van der Waals surface area contributed by atoms with Crippen molar-refractivity contribution in [2.75, 3.05) is 18.8 Å². The summed E-state index contributed by atoms with van der Waals surface area (Å²) in [6.07, 6.45) is 2.92. The van der Waals surface area contributed by atoms with Gasteiger partial charge in [-0.3, -0.25) is 4.79 Å². The molecule has 0 unspecified atom stereocenters. The zero-order valence-electron chi connectivity index (χ0n) is 15.0. The van der Waals surface area contributed by atoms with Gasteiger partial charge >= 0.3 is 0 Å². The number of hydrogen-bond donors (Lipinski definition) is 0. The van der Waals surface area contributed by atoms with Crippen molar-refractivity contribution in [1.29, 1.82) is 0 Å². The number of likely N-dealkylation sites (tertiary alicyclic amines) is 1. The van der Waals surface area contributed by atoms with Gasteiger partial charge in [0.1, 0.15) is 0 Å². The second-order valence-corrected chi connectivity index (χ2v) is 9.05. The topological polar surface area (TPSA) is 20.3 Å². The lowest BCUT2D eigenvalue weighted by Crippen LogP contribution is -2.35. The fourth-order valence-electron chi connectivity index (χ4n) is 3.28. The summed E-state index contributed by atoms with van der Waals surface area (Å²) in [6, 6.07) is 10.5. The van der Waals surface area contributed by atoms with Crippen LogP contribution in [0.3, 0.4) is 0 Å². The van der Waals surface area contributed by atoms with Crippen molar-refractivity contribution in [3.8, 4) is 0 Å². The largest absolute Gasteiger partial charge is 0.342 e. The molecule has 1 heterocycles. The molecule has 2 nitrogen and oxygen atoms in total. The van der Waals surface area contributed by atoms with Crippen molar-refractivity contribution in [3.05, 3.63) is 30.3 Å². The number of amides is 1. The minimum atomic E-state index is 0.311. The summed E-state index contributed by atoms with van der Waals surface area (Å²) >= 11 is 1.89. The van der Waals surface area contributed by atoms with Gasteiger partial charge in [0.2, 0.25) is 5.91 Å². The van der Waals surface area contributed by atoms with E-state index in [9.17, 15) is 4.79 Å². The maximum absolute atomic E-state index is 12.4. The summed E-state index contributed by atoms with van der Waals surface area (Å²) in [5, 5.41) is 0. The highest BCUT2D eigenvalue weighted by Crippen LogP contribution is 2.34. The maximum Gasteiger partial charge on any atom is 0.222 e. The SMILES string of the molecule is C[C@@H](CSc1ccccc1)CN1CC[C@H](C(C)(C)C)CCC1=O. The number of hydrogen-bond acceptors (Lipinski definition) is 2. The minimum Gasteiger partial charge on any atom is -0.342 e. The predicted octanol–water partition coefficient (Wildman–Crippen LogP) is 5.09. The van der Waals surface area contributed by atoms with Crippen LogP contribution in [0.5, 0.6) is 0 Å². The summed E-state index contributed by atoms with van der Waals surface area (Å²) < 4.78 is 0. The van der Waals surface area contributed by atoms with Crippen LogP contribution >= 0.6 is 11.8 Å². The lowest BCUT2D eigenvalue weighted by Gasteiger charge is -2.30. The Kier molecular flexibility index (Phi) is 6.58. The Morgan fingerprint density at radius 2 is 1.91 bits per heavy atom. The Bertz CT molecular complexity index is 494. The van der Waals surface area contributed by atoms with Gasteiger partial charge in [-0.15, -0.1) is 11.8 Å². The Morgan fingerprint density at radius 1 is 1.22 bits per heavy atom. The zero-order valence-corrected chi connectivity index (χ0v) is 15.9. The molecular weight excluding hydrogens is 302 g/mol. The lowest BCUT2D eigenvalue weighted by molar-refractivity contribution is -0.131. The number of benzene rings is 1. The molecule has 1 saturated heterocycles. The summed E-state index contributed by atoms with van der Waals surface area (Å²) in [6.45, 7) is 11.0. The van der Waals surface area contributed by atoms with E-state index in [0.29, 0.717) is 23.2 Å². The van der Waals surface area contributed by atoms with Crippen LogP contribution in [-0.2, 0) is 4.79 Å². The molecule has 0 N–H and O–H groups in total. The van der Waals surface area contributed by atoms with Crippen molar-refractivity contribution in [3.63, 3.8) is 0 Å². The van der Waals surface area contributed by atoms with Gasteiger partial charge in [-0.25, -0.2) is 0 Å². The lowest BCUT2D eigenvalue weighted by atomic mass is 9.77. The number of carbonyl (C=O) groups excluding carboxylic acids is 1. The Balaban J connectivity index is 1.82. The third-order valence-electron chi connectivity index (χ3n) is 4.84. The summed E-state index contributed by atoms with van der Waals surface area (Å²) in [7, 11) is 0. The zero-order chi connectivity index (χ0) is 16.9. The van der Waals surface area contributed by atoms with E-state index in [1.165, 1.54) is 4.90 Å². The van der Waals surface area contributed by atoms with Crippen LogP contribution in [0.25, 0.3) is 0 Å². The molecule has 0 aromatic heterocycles. The molecule has 1 fully saturated rings. The predicted molar refractivity (Wildman–Crippen MR) is 99.7 cm³/mol. The normalized spacial score (nSPS) is 21.1. The Hall–Kier alpha value is -0.960. The van der Waals surface area contributed by atoms with Gasteiger partial charge in [-0.1, -0.05) is 45.9 Å². The Labute approximate surface area is 146 Å². The van der Waals surface area contributed by atoms with Crippen LogP contribution < -0.4 is 0 Å². The van der Waals surface area contributed by atoms with E-state index in [1.54, 1.807) is 0 Å². The highest BCUT2D eigenvalue weighted by atomic mass is 32.2. The van der Waals surface area contributed by atoms with E-state index in [2.05, 4.69) is 62.9 Å². The number of thioether (sulfide) groups is 1. The molecule has 128 valence electrons. The van der Waals surface area contributed by atoms with Gasteiger partial charge in [0.05, 0.1) is 0 Å². The first-order valence-electron chi connectivity index (χ1n) is 8.82. The molecule has 1 aromatic carbocycles. The van der Waals surface area contributed by atoms with E-state index in [4.69, 9.17) is 0 Å². The van der Waals surface area contributed by atoms with Gasteiger partial charge < -0.3 is 4.90 Å². The van der Waals surface area contributed by atoms with Gasteiger partial charge in [0, 0.05) is 30.2 Å². The third-order valence-corrected chi connectivity index (χ3v) is 6.18. The third kappa shape index (κ3) is 5.87. The van der Waals surface area contributed by atoms with Crippen LogP contribution in [0.15, 0.2) is 35.2 Å². The van der Waals surface area contributed by atoms with E-state index in [1.807, 2.05) is 11.8 Å². The molecule has 1 aliphatic heterocycles. The minimum absolute atomic E-state index is 0.311.